The van der Waals surface area contributed by atoms with Crippen LogP contribution < -0.4 is 10.1 Å². The van der Waals surface area contributed by atoms with E-state index in [9.17, 15) is 23.1 Å². The van der Waals surface area contributed by atoms with E-state index in [1.807, 2.05) is 0 Å². The third-order valence-corrected chi connectivity index (χ3v) is 3.16. The number of amides is 1. The Morgan fingerprint density at radius 1 is 1.42 bits per heavy atom. The minimum Gasteiger partial charge on any atom is -0.491 e. The highest BCUT2D eigenvalue weighted by Gasteiger charge is 2.30. The second kappa shape index (κ2) is 7.35. The van der Waals surface area contributed by atoms with Crippen LogP contribution in [0.5, 0.6) is 5.75 Å². The lowest BCUT2D eigenvalue weighted by atomic mass is 10.2. The van der Waals surface area contributed by atoms with E-state index < -0.39 is 23.8 Å². The van der Waals surface area contributed by atoms with Gasteiger partial charge in [0.05, 0.1) is 5.56 Å². The number of ether oxygens (including phenoxy) is 1. The molecule has 0 fully saturated rings. The van der Waals surface area contributed by atoms with Crippen LogP contribution in [0.3, 0.4) is 0 Å². The number of carbonyl (C=O) groups is 1. The normalized spacial score (nSPS) is 12.7. The van der Waals surface area contributed by atoms with Crippen LogP contribution >= 0.6 is 0 Å². The van der Waals surface area contributed by atoms with Gasteiger partial charge in [-0.3, -0.25) is 9.48 Å². The Bertz CT molecular complexity index is 701. The maximum atomic E-state index is 12.6. The number of hydrogen-bond donors (Lipinski definition) is 2. The van der Waals surface area contributed by atoms with Crippen molar-refractivity contribution >= 4 is 5.91 Å². The summed E-state index contributed by atoms with van der Waals surface area (Å²) in [6.07, 6.45) is -4.08. The van der Waals surface area contributed by atoms with Crippen molar-refractivity contribution in [1.29, 1.82) is 0 Å². The lowest BCUT2D eigenvalue weighted by Crippen LogP contribution is -2.36. The fourth-order valence-electron chi connectivity index (χ4n) is 1.91. The molecule has 24 heavy (non-hydrogen) atoms. The van der Waals surface area contributed by atoms with E-state index in [1.54, 1.807) is 7.05 Å². The molecule has 0 saturated heterocycles. The Balaban J connectivity index is 1.82. The minimum absolute atomic E-state index is 0.0122. The summed E-state index contributed by atoms with van der Waals surface area (Å²) in [7, 11) is 1.60. The van der Waals surface area contributed by atoms with Crippen LogP contribution in [0.1, 0.15) is 16.1 Å². The number of alkyl halides is 3. The smallest absolute Gasteiger partial charge is 0.416 e. The standard InChI is InChI=1S/C15H16F3N3O3/c1-21-13(5-6-20-21)14(23)19-8-11(22)9-24-12-4-2-3-10(7-12)15(16,17)18/h2-7,11,22H,8-9H2,1H3,(H,19,23). The molecule has 1 heterocycles. The van der Waals surface area contributed by atoms with Gasteiger partial charge in [0.2, 0.25) is 0 Å². The highest BCUT2D eigenvalue weighted by molar-refractivity contribution is 5.92. The molecule has 0 saturated carbocycles. The molecule has 0 aliphatic rings. The zero-order valence-corrected chi connectivity index (χ0v) is 12.7. The summed E-state index contributed by atoms with van der Waals surface area (Å²) in [6.45, 7) is -0.365. The number of aromatic nitrogens is 2. The lowest BCUT2D eigenvalue weighted by molar-refractivity contribution is -0.137. The van der Waals surface area contributed by atoms with E-state index in [2.05, 4.69) is 10.4 Å². The highest BCUT2D eigenvalue weighted by Crippen LogP contribution is 2.31. The van der Waals surface area contributed by atoms with Crippen LogP contribution in [0.25, 0.3) is 0 Å². The van der Waals surface area contributed by atoms with Crippen LogP contribution in [0.4, 0.5) is 13.2 Å². The van der Waals surface area contributed by atoms with Crippen molar-refractivity contribution in [3.05, 3.63) is 47.8 Å². The Hall–Kier alpha value is -2.55. The molecule has 130 valence electrons. The molecular formula is C15H16F3N3O3. The van der Waals surface area contributed by atoms with E-state index in [1.165, 1.54) is 29.1 Å². The summed E-state index contributed by atoms with van der Waals surface area (Å²) in [5.74, 6) is -0.435. The van der Waals surface area contributed by atoms with Crippen molar-refractivity contribution in [2.24, 2.45) is 7.05 Å². The van der Waals surface area contributed by atoms with Gasteiger partial charge >= 0.3 is 6.18 Å². The van der Waals surface area contributed by atoms with Crippen molar-refractivity contribution in [2.45, 2.75) is 12.3 Å². The predicted octanol–water partition coefficient (Wildman–Crippen LogP) is 1.61. The highest BCUT2D eigenvalue weighted by atomic mass is 19.4. The van der Waals surface area contributed by atoms with Gasteiger partial charge in [0.15, 0.2) is 0 Å². The molecule has 2 aromatic rings. The summed E-state index contributed by atoms with van der Waals surface area (Å²) in [5.41, 5.74) is -0.514. The number of carbonyl (C=O) groups excluding carboxylic acids is 1. The molecule has 1 atom stereocenters. The Kier molecular flexibility index (Phi) is 5.45. The number of nitrogens with zero attached hydrogens (tertiary/aromatic N) is 2. The van der Waals surface area contributed by atoms with Crippen LogP contribution in [-0.2, 0) is 13.2 Å². The summed E-state index contributed by atoms with van der Waals surface area (Å²) >= 11 is 0. The molecule has 0 aliphatic heterocycles. The van der Waals surface area contributed by atoms with Gasteiger partial charge in [-0.15, -0.1) is 0 Å². The van der Waals surface area contributed by atoms with Crippen LogP contribution in [0, 0.1) is 0 Å². The number of benzene rings is 1. The molecule has 1 aromatic carbocycles. The number of aryl methyl sites for hydroxylation is 1. The third kappa shape index (κ3) is 4.72. The molecule has 2 N–H and O–H groups in total. The van der Waals surface area contributed by atoms with Gasteiger partial charge in [-0.25, -0.2) is 0 Å². The monoisotopic (exact) mass is 343 g/mol. The maximum absolute atomic E-state index is 12.6. The summed E-state index contributed by atoms with van der Waals surface area (Å²) in [6, 6.07) is 5.87. The number of hydrogen-bond acceptors (Lipinski definition) is 4. The zero-order chi connectivity index (χ0) is 17.7. The quantitative estimate of drug-likeness (QED) is 0.835. The van der Waals surface area contributed by atoms with E-state index in [0.29, 0.717) is 5.69 Å². The molecular weight excluding hydrogens is 327 g/mol. The number of aliphatic hydroxyl groups excluding tert-OH is 1. The van der Waals surface area contributed by atoms with E-state index in [4.69, 9.17) is 4.74 Å². The Morgan fingerprint density at radius 2 is 2.17 bits per heavy atom. The van der Waals surface area contributed by atoms with Gasteiger partial charge < -0.3 is 15.2 Å². The lowest BCUT2D eigenvalue weighted by Gasteiger charge is -2.14. The van der Waals surface area contributed by atoms with E-state index in [0.717, 1.165) is 12.1 Å². The Morgan fingerprint density at radius 3 is 2.79 bits per heavy atom. The number of halogens is 3. The molecule has 1 aromatic heterocycles. The Labute approximate surface area is 135 Å². The van der Waals surface area contributed by atoms with E-state index in [-0.39, 0.29) is 18.9 Å². The van der Waals surface area contributed by atoms with Gasteiger partial charge in [0.25, 0.3) is 5.91 Å². The SMILES string of the molecule is Cn1nccc1C(=O)NCC(O)COc1cccc(C(F)(F)F)c1. The molecule has 0 spiro atoms. The average molecular weight is 343 g/mol. The molecule has 0 aliphatic carbocycles. The molecule has 2 rings (SSSR count). The maximum Gasteiger partial charge on any atom is 0.416 e. The second-order valence-corrected chi connectivity index (χ2v) is 5.04. The average Bonchev–Trinajstić information content (AvgIpc) is 2.96. The first-order valence-electron chi connectivity index (χ1n) is 7.01. The summed E-state index contributed by atoms with van der Waals surface area (Å²) in [4.78, 5) is 11.8. The van der Waals surface area contributed by atoms with Gasteiger partial charge in [-0.05, 0) is 24.3 Å². The van der Waals surface area contributed by atoms with Gasteiger partial charge in [-0.1, -0.05) is 6.07 Å². The predicted molar refractivity (Wildman–Crippen MR) is 78.5 cm³/mol. The molecule has 0 bridgehead atoms. The van der Waals surface area contributed by atoms with Gasteiger partial charge in [0.1, 0.15) is 24.2 Å². The molecule has 1 amide bonds. The molecule has 6 nitrogen and oxygen atoms in total. The first-order chi connectivity index (χ1) is 11.3. The molecule has 9 heteroatoms. The molecule has 1 unspecified atom stereocenters. The summed E-state index contributed by atoms with van der Waals surface area (Å²) < 4.78 is 44.3. The topological polar surface area (TPSA) is 76.4 Å². The van der Waals surface area contributed by atoms with Crippen LogP contribution in [0.2, 0.25) is 0 Å². The fraction of sp³-hybridized carbons (Fsp3) is 0.333. The van der Waals surface area contributed by atoms with E-state index >= 15 is 0 Å². The first-order valence-corrected chi connectivity index (χ1v) is 7.01. The zero-order valence-electron chi connectivity index (χ0n) is 12.7. The second-order valence-electron chi connectivity index (χ2n) is 5.04. The van der Waals surface area contributed by atoms with Crippen molar-refractivity contribution < 1.29 is 27.8 Å². The number of nitrogens with one attached hydrogen (secondary N) is 1. The number of aliphatic hydroxyl groups is 1. The van der Waals surface area contributed by atoms with Crippen molar-refractivity contribution in [3.63, 3.8) is 0 Å². The fourth-order valence-corrected chi connectivity index (χ4v) is 1.91. The summed E-state index contributed by atoms with van der Waals surface area (Å²) in [5, 5.41) is 16.1. The molecule has 0 radical (unpaired) electrons. The largest absolute Gasteiger partial charge is 0.491 e. The van der Waals surface area contributed by atoms with Gasteiger partial charge in [-0.2, -0.15) is 18.3 Å². The van der Waals surface area contributed by atoms with Crippen LogP contribution in [-0.4, -0.2) is 40.0 Å². The van der Waals surface area contributed by atoms with Crippen molar-refractivity contribution in [3.8, 4) is 5.75 Å². The van der Waals surface area contributed by atoms with Crippen molar-refractivity contribution in [2.75, 3.05) is 13.2 Å². The van der Waals surface area contributed by atoms with Gasteiger partial charge in [0, 0.05) is 19.8 Å². The third-order valence-electron chi connectivity index (χ3n) is 3.16. The minimum atomic E-state index is -4.46. The van der Waals surface area contributed by atoms with Crippen molar-refractivity contribution in [1.82, 2.24) is 15.1 Å². The number of rotatable bonds is 6. The van der Waals surface area contributed by atoms with Crippen LogP contribution in [0.15, 0.2) is 36.5 Å². The first kappa shape index (κ1) is 17.8.